The lowest BCUT2D eigenvalue weighted by molar-refractivity contribution is -0.112. The molecule has 0 saturated carbocycles. The number of rotatable bonds is 7. The Morgan fingerprint density at radius 2 is 2.00 bits per heavy atom. The number of nitrogens with zero attached hydrogens (tertiary/aromatic N) is 2. The molecule has 0 amide bonds. The summed E-state index contributed by atoms with van der Waals surface area (Å²) in [5.41, 5.74) is 6.68. The Balaban J connectivity index is 2.30. The first kappa shape index (κ1) is 19.8. The Kier molecular flexibility index (Phi) is 7.02. The van der Waals surface area contributed by atoms with Crippen LogP contribution >= 0.6 is 0 Å². The molecule has 1 aliphatic rings. The van der Waals surface area contributed by atoms with E-state index < -0.39 is 0 Å². The van der Waals surface area contributed by atoms with Crippen LogP contribution in [0.4, 0.5) is 0 Å². The minimum Gasteiger partial charge on any atom is -0.295 e. The molecule has 136 valence electrons. The van der Waals surface area contributed by atoms with Gasteiger partial charge >= 0.3 is 0 Å². The van der Waals surface area contributed by atoms with Gasteiger partial charge < -0.3 is 0 Å². The predicted molar refractivity (Wildman–Crippen MR) is 112 cm³/mol. The first-order chi connectivity index (χ1) is 12.4. The summed E-state index contributed by atoms with van der Waals surface area (Å²) in [6, 6.07) is 8.43. The van der Waals surface area contributed by atoms with Crippen LogP contribution in [0.5, 0.6) is 0 Å². The number of carbonyl (C=O) groups is 1. The number of benzene rings is 1. The number of hydrogen-bond donors (Lipinski definition) is 0. The zero-order chi connectivity index (χ0) is 19.1. The van der Waals surface area contributed by atoms with Gasteiger partial charge in [0.2, 0.25) is 0 Å². The number of allylic oxidation sites excluding steroid dienone is 3. The molecule has 0 spiro atoms. The van der Waals surface area contributed by atoms with Crippen molar-refractivity contribution >= 4 is 24.3 Å². The van der Waals surface area contributed by atoms with Crippen molar-refractivity contribution in [3.05, 3.63) is 64.9 Å². The highest BCUT2D eigenvalue weighted by Crippen LogP contribution is 2.27. The molecule has 1 aliphatic heterocycles. The van der Waals surface area contributed by atoms with Crippen LogP contribution in [0.3, 0.4) is 0 Å². The summed E-state index contributed by atoms with van der Waals surface area (Å²) in [5.74, 6) is 0.0512. The molecule has 0 aliphatic carbocycles. The Morgan fingerprint density at radius 3 is 2.54 bits per heavy atom. The van der Waals surface area contributed by atoms with E-state index in [0.29, 0.717) is 0 Å². The maximum absolute atomic E-state index is 11.1. The van der Waals surface area contributed by atoms with Gasteiger partial charge in [0.25, 0.3) is 0 Å². The maximum Gasteiger partial charge on any atom is 0.152 e. The molecule has 0 fully saturated rings. The van der Waals surface area contributed by atoms with Crippen molar-refractivity contribution in [3.8, 4) is 0 Å². The fraction of sp³-hybridized carbons (Fsp3) is 0.348. The molecule has 0 aromatic heterocycles. The van der Waals surface area contributed by atoms with E-state index in [1.807, 2.05) is 25.1 Å². The minimum atomic E-state index is 0.0512. The number of carbonyl (C=O) groups excluding carboxylic acids is 1. The molecule has 0 saturated heterocycles. The van der Waals surface area contributed by atoms with Gasteiger partial charge in [0.05, 0.1) is 6.04 Å². The van der Waals surface area contributed by atoms with Crippen molar-refractivity contribution in [3.63, 3.8) is 0 Å². The van der Waals surface area contributed by atoms with Crippen LogP contribution in [-0.4, -0.2) is 24.3 Å². The third-order valence-corrected chi connectivity index (χ3v) is 4.63. The van der Waals surface area contributed by atoms with Crippen molar-refractivity contribution in [2.24, 2.45) is 9.98 Å². The lowest BCUT2D eigenvalue weighted by atomic mass is 9.96. The van der Waals surface area contributed by atoms with E-state index in [1.165, 1.54) is 11.1 Å². The fourth-order valence-electron chi connectivity index (χ4n) is 3.13. The molecular weight excluding hydrogens is 320 g/mol. The zero-order valence-corrected chi connectivity index (χ0v) is 16.1. The summed E-state index contributed by atoms with van der Waals surface area (Å²) < 4.78 is 0. The Labute approximate surface area is 157 Å². The van der Waals surface area contributed by atoms with E-state index in [0.717, 1.165) is 48.2 Å². The van der Waals surface area contributed by atoms with E-state index in [9.17, 15) is 4.79 Å². The number of aliphatic imine (C=N–C) groups is 2. The molecule has 1 unspecified atom stereocenters. The van der Waals surface area contributed by atoms with E-state index in [1.54, 1.807) is 13.0 Å². The van der Waals surface area contributed by atoms with Gasteiger partial charge in [-0.1, -0.05) is 49.4 Å². The molecule has 2 rings (SSSR count). The molecule has 0 N–H and O–H groups in total. The van der Waals surface area contributed by atoms with Gasteiger partial charge in [0.15, 0.2) is 5.78 Å². The predicted octanol–water partition coefficient (Wildman–Crippen LogP) is 5.38. The highest BCUT2D eigenvalue weighted by Gasteiger charge is 2.20. The zero-order valence-electron chi connectivity index (χ0n) is 16.1. The summed E-state index contributed by atoms with van der Waals surface area (Å²) in [6.07, 6.45) is 6.90. The van der Waals surface area contributed by atoms with E-state index in [-0.39, 0.29) is 11.8 Å². The summed E-state index contributed by atoms with van der Waals surface area (Å²) >= 11 is 0. The molecule has 26 heavy (non-hydrogen) atoms. The van der Waals surface area contributed by atoms with Gasteiger partial charge in [-0.2, -0.15) is 0 Å². The Morgan fingerprint density at radius 1 is 1.31 bits per heavy atom. The van der Waals surface area contributed by atoms with Crippen LogP contribution in [0.1, 0.15) is 51.2 Å². The molecule has 3 nitrogen and oxygen atoms in total. The average Bonchev–Trinajstić information content (AvgIpc) is 2.80. The number of ketones is 1. The van der Waals surface area contributed by atoms with Crippen LogP contribution in [0, 0.1) is 0 Å². The third kappa shape index (κ3) is 5.22. The highest BCUT2D eigenvalue weighted by atomic mass is 16.1. The van der Waals surface area contributed by atoms with Crippen LogP contribution in [-0.2, 0) is 11.2 Å². The molecule has 0 bridgehead atoms. The molecule has 1 aromatic rings. The van der Waals surface area contributed by atoms with Crippen LogP contribution < -0.4 is 0 Å². The van der Waals surface area contributed by atoms with Gasteiger partial charge in [0.1, 0.15) is 0 Å². The normalized spacial score (nSPS) is 17.8. The summed E-state index contributed by atoms with van der Waals surface area (Å²) in [5, 5.41) is 0. The second-order valence-corrected chi connectivity index (χ2v) is 6.78. The Hall–Kier alpha value is -2.55. The van der Waals surface area contributed by atoms with Crippen molar-refractivity contribution in [2.45, 2.75) is 52.5 Å². The number of hydrogen-bond acceptors (Lipinski definition) is 3. The van der Waals surface area contributed by atoms with Gasteiger partial charge in [-0.15, -0.1) is 0 Å². The van der Waals surface area contributed by atoms with Gasteiger partial charge in [0, 0.05) is 17.8 Å². The van der Waals surface area contributed by atoms with Crippen LogP contribution in [0.15, 0.2) is 63.7 Å². The van der Waals surface area contributed by atoms with E-state index in [4.69, 9.17) is 4.99 Å². The monoisotopic (exact) mass is 348 g/mol. The van der Waals surface area contributed by atoms with Crippen molar-refractivity contribution < 1.29 is 4.79 Å². The topological polar surface area (TPSA) is 41.8 Å². The van der Waals surface area contributed by atoms with Crippen molar-refractivity contribution in [1.82, 2.24) is 0 Å². The lowest BCUT2D eigenvalue weighted by Gasteiger charge is -2.13. The minimum absolute atomic E-state index is 0.0512. The highest BCUT2D eigenvalue weighted by molar-refractivity contribution is 6.01. The van der Waals surface area contributed by atoms with Crippen molar-refractivity contribution in [1.29, 1.82) is 0 Å². The average molecular weight is 348 g/mol. The smallest absolute Gasteiger partial charge is 0.152 e. The second kappa shape index (κ2) is 9.23. The maximum atomic E-state index is 11.1. The second-order valence-electron chi connectivity index (χ2n) is 6.78. The van der Waals surface area contributed by atoms with Gasteiger partial charge in [-0.05, 0) is 62.6 Å². The molecular formula is C23H28N2O. The standard InChI is InChI=1S/C23H28N2O/c1-6-21-20(23(24-5)14-13-22(25-21)16(2)3)15-19-11-9-18(10-12-19)8-7-17(4)26/h7-12,22H,2,5-6,13-15H2,1,3-4H3. The van der Waals surface area contributed by atoms with Gasteiger partial charge in [-0.25, -0.2) is 0 Å². The summed E-state index contributed by atoms with van der Waals surface area (Å²) in [6.45, 7) is 13.6. The molecule has 1 heterocycles. The van der Waals surface area contributed by atoms with E-state index >= 15 is 0 Å². The van der Waals surface area contributed by atoms with Crippen molar-refractivity contribution in [2.75, 3.05) is 0 Å². The van der Waals surface area contributed by atoms with Crippen LogP contribution in [0.25, 0.3) is 6.08 Å². The first-order valence-electron chi connectivity index (χ1n) is 9.13. The summed E-state index contributed by atoms with van der Waals surface area (Å²) in [4.78, 5) is 20.3. The largest absolute Gasteiger partial charge is 0.295 e. The third-order valence-electron chi connectivity index (χ3n) is 4.63. The SMILES string of the molecule is C=NC1=C(Cc2ccc(C=CC(C)=O)cc2)C(CC)=NC(C(=C)C)CC1. The molecule has 1 atom stereocenters. The van der Waals surface area contributed by atoms with E-state index in [2.05, 4.69) is 37.3 Å². The Bertz CT molecular complexity index is 779. The lowest BCUT2D eigenvalue weighted by Crippen LogP contribution is -2.10. The fourth-order valence-corrected chi connectivity index (χ4v) is 3.13. The molecule has 0 radical (unpaired) electrons. The summed E-state index contributed by atoms with van der Waals surface area (Å²) in [7, 11) is 0. The molecule has 3 heteroatoms. The van der Waals surface area contributed by atoms with Gasteiger partial charge in [-0.3, -0.25) is 14.8 Å². The quantitative estimate of drug-likeness (QED) is 0.371. The van der Waals surface area contributed by atoms with Crippen LogP contribution in [0.2, 0.25) is 0 Å². The molecule has 1 aromatic carbocycles. The first-order valence-corrected chi connectivity index (χ1v) is 9.13.